The van der Waals surface area contributed by atoms with E-state index >= 15 is 0 Å². The lowest BCUT2D eigenvalue weighted by Gasteiger charge is -2.34. The molecule has 0 unspecified atom stereocenters. The molecule has 0 aliphatic carbocycles. The van der Waals surface area contributed by atoms with Gasteiger partial charge in [-0.1, -0.05) is 6.92 Å². The molecule has 3 nitrogen and oxygen atoms in total. The Hall–Kier alpha value is -1.13. The molecule has 0 radical (unpaired) electrons. The number of fused-ring (bicyclic) bond motifs is 1. The maximum atomic E-state index is 4.57. The van der Waals surface area contributed by atoms with Gasteiger partial charge in [-0.15, -0.1) is 11.3 Å². The van der Waals surface area contributed by atoms with Crippen LogP contribution in [0.1, 0.15) is 6.92 Å². The van der Waals surface area contributed by atoms with Crippen molar-refractivity contribution >= 4 is 27.2 Å². The van der Waals surface area contributed by atoms with E-state index in [-0.39, 0.29) is 0 Å². The standard InChI is InChI=1S/C13H17N3S/c1-2-15-6-8-16(9-7-15)13-12-11(3-5-14-13)4-10-17-12/h3-5,10H,2,6-9H2,1H3. The van der Waals surface area contributed by atoms with Gasteiger partial charge in [0.25, 0.3) is 0 Å². The zero-order valence-electron chi connectivity index (χ0n) is 10.1. The predicted molar refractivity (Wildman–Crippen MR) is 73.9 cm³/mol. The molecule has 17 heavy (non-hydrogen) atoms. The SMILES string of the molecule is CCN1CCN(c2nccc3ccsc23)CC1. The summed E-state index contributed by atoms with van der Waals surface area (Å²) in [5, 5.41) is 3.47. The van der Waals surface area contributed by atoms with Crippen molar-refractivity contribution in [2.45, 2.75) is 6.92 Å². The van der Waals surface area contributed by atoms with Gasteiger partial charge in [-0.2, -0.15) is 0 Å². The number of likely N-dealkylation sites (N-methyl/N-ethyl adjacent to an activating group) is 1. The van der Waals surface area contributed by atoms with Crippen molar-refractivity contribution in [3.05, 3.63) is 23.7 Å². The summed E-state index contributed by atoms with van der Waals surface area (Å²) in [5.74, 6) is 1.17. The Morgan fingerprint density at radius 2 is 2.06 bits per heavy atom. The van der Waals surface area contributed by atoms with E-state index in [4.69, 9.17) is 0 Å². The van der Waals surface area contributed by atoms with Crippen LogP contribution in [0.5, 0.6) is 0 Å². The number of hydrogen-bond acceptors (Lipinski definition) is 4. The third-order valence-corrected chi connectivity index (χ3v) is 4.39. The Labute approximate surface area is 106 Å². The smallest absolute Gasteiger partial charge is 0.146 e. The second-order valence-electron chi connectivity index (χ2n) is 4.39. The van der Waals surface area contributed by atoms with Gasteiger partial charge in [0.2, 0.25) is 0 Å². The molecule has 0 saturated carbocycles. The van der Waals surface area contributed by atoms with E-state index in [0.29, 0.717) is 0 Å². The summed E-state index contributed by atoms with van der Waals surface area (Å²) in [5.41, 5.74) is 0. The minimum absolute atomic E-state index is 1.10. The highest BCUT2D eigenvalue weighted by atomic mass is 32.1. The Kier molecular flexibility index (Phi) is 2.99. The number of rotatable bonds is 2. The summed E-state index contributed by atoms with van der Waals surface area (Å²) in [4.78, 5) is 9.48. The summed E-state index contributed by atoms with van der Waals surface area (Å²) >= 11 is 1.80. The summed E-state index contributed by atoms with van der Waals surface area (Å²) in [6, 6.07) is 4.27. The second-order valence-corrected chi connectivity index (χ2v) is 5.31. The van der Waals surface area contributed by atoms with Gasteiger partial charge in [0, 0.05) is 32.4 Å². The number of nitrogens with zero attached hydrogens (tertiary/aromatic N) is 3. The van der Waals surface area contributed by atoms with Crippen LogP contribution in [0.2, 0.25) is 0 Å². The molecule has 2 aromatic heterocycles. The average Bonchev–Trinajstić information content (AvgIpc) is 2.87. The van der Waals surface area contributed by atoms with Crippen molar-refractivity contribution in [3.8, 4) is 0 Å². The van der Waals surface area contributed by atoms with Crippen molar-refractivity contribution in [2.75, 3.05) is 37.6 Å². The molecular formula is C13H17N3S. The molecule has 0 spiro atoms. The fourth-order valence-electron chi connectivity index (χ4n) is 2.38. The number of hydrogen-bond donors (Lipinski definition) is 0. The quantitative estimate of drug-likeness (QED) is 0.812. The highest BCUT2D eigenvalue weighted by molar-refractivity contribution is 7.17. The van der Waals surface area contributed by atoms with E-state index in [2.05, 4.69) is 39.2 Å². The van der Waals surface area contributed by atoms with Gasteiger partial charge in [-0.25, -0.2) is 4.98 Å². The third-order valence-electron chi connectivity index (χ3n) is 3.47. The third kappa shape index (κ3) is 2.03. The number of piperazine rings is 1. The van der Waals surface area contributed by atoms with E-state index in [1.54, 1.807) is 11.3 Å². The lowest BCUT2D eigenvalue weighted by atomic mass is 10.2. The minimum atomic E-state index is 1.10. The lowest BCUT2D eigenvalue weighted by molar-refractivity contribution is 0.271. The molecule has 3 rings (SSSR count). The van der Waals surface area contributed by atoms with Crippen LogP contribution in [0.3, 0.4) is 0 Å². The topological polar surface area (TPSA) is 19.4 Å². The minimum Gasteiger partial charge on any atom is -0.353 e. The van der Waals surface area contributed by atoms with Crippen molar-refractivity contribution in [1.82, 2.24) is 9.88 Å². The Bertz CT molecular complexity index is 500. The molecule has 3 heterocycles. The van der Waals surface area contributed by atoms with E-state index in [9.17, 15) is 0 Å². The molecule has 0 N–H and O–H groups in total. The van der Waals surface area contributed by atoms with Crippen LogP contribution in [0.4, 0.5) is 5.82 Å². The maximum absolute atomic E-state index is 4.57. The zero-order valence-corrected chi connectivity index (χ0v) is 10.9. The van der Waals surface area contributed by atoms with Crippen LogP contribution < -0.4 is 4.90 Å². The van der Waals surface area contributed by atoms with Crippen molar-refractivity contribution in [2.24, 2.45) is 0 Å². The number of pyridine rings is 1. The largest absolute Gasteiger partial charge is 0.353 e. The van der Waals surface area contributed by atoms with Gasteiger partial charge in [0.15, 0.2) is 0 Å². The molecular weight excluding hydrogens is 230 g/mol. The summed E-state index contributed by atoms with van der Waals surface area (Å²) in [6.45, 7) is 7.88. The predicted octanol–water partition coefficient (Wildman–Crippen LogP) is 2.44. The first-order valence-electron chi connectivity index (χ1n) is 6.18. The van der Waals surface area contributed by atoms with Gasteiger partial charge >= 0.3 is 0 Å². The molecule has 1 aliphatic rings. The molecule has 0 amide bonds. The molecule has 0 aromatic carbocycles. The first-order valence-corrected chi connectivity index (χ1v) is 7.06. The normalized spacial score (nSPS) is 17.8. The summed E-state index contributed by atoms with van der Waals surface area (Å²) in [6.07, 6.45) is 1.93. The van der Waals surface area contributed by atoms with Gasteiger partial charge in [0.1, 0.15) is 5.82 Å². The van der Waals surface area contributed by atoms with Crippen molar-refractivity contribution in [1.29, 1.82) is 0 Å². The number of anilines is 1. The molecule has 0 bridgehead atoms. The van der Waals surface area contributed by atoms with Gasteiger partial charge in [-0.3, -0.25) is 0 Å². The van der Waals surface area contributed by atoms with Crippen LogP contribution in [0.25, 0.3) is 10.1 Å². The van der Waals surface area contributed by atoms with Gasteiger partial charge in [-0.05, 0) is 29.4 Å². The van der Waals surface area contributed by atoms with Crippen LogP contribution in [-0.2, 0) is 0 Å². The highest BCUT2D eigenvalue weighted by Crippen LogP contribution is 2.29. The molecule has 1 saturated heterocycles. The van der Waals surface area contributed by atoms with Crippen LogP contribution in [0, 0.1) is 0 Å². The second kappa shape index (κ2) is 4.63. The van der Waals surface area contributed by atoms with Crippen molar-refractivity contribution in [3.63, 3.8) is 0 Å². The van der Waals surface area contributed by atoms with Gasteiger partial charge in [0.05, 0.1) is 4.70 Å². The molecule has 1 fully saturated rings. The fourth-order valence-corrected chi connectivity index (χ4v) is 3.29. The number of aromatic nitrogens is 1. The Morgan fingerprint density at radius 3 is 2.82 bits per heavy atom. The Balaban J connectivity index is 1.87. The van der Waals surface area contributed by atoms with Crippen LogP contribution in [0.15, 0.2) is 23.7 Å². The summed E-state index contributed by atoms with van der Waals surface area (Å²) in [7, 11) is 0. The average molecular weight is 247 g/mol. The maximum Gasteiger partial charge on any atom is 0.146 e. The zero-order chi connectivity index (χ0) is 11.7. The molecule has 90 valence electrons. The van der Waals surface area contributed by atoms with E-state index in [0.717, 1.165) is 32.7 Å². The molecule has 1 aliphatic heterocycles. The first-order chi connectivity index (χ1) is 8.38. The van der Waals surface area contributed by atoms with E-state index in [1.165, 1.54) is 15.9 Å². The monoisotopic (exact) mass is 247 g/mol. The first kappa shape index (κ1) is 11.0. The fraction of sp³-hybridized carbons (Fsp3) is 0.462. The Morgan fingerprint density at radius 1 is 1.24 bits per heavy atom. The van der Waals surface area contributed by atoms with Crippen molar-refractivity contribution < 1.29 is 0 Å². The van der Waals surface area contributed by atoms with Crippen LogP contribution >= 0.6 is 11.3 Å². The summed E-state index contributed by atoms with van der Waals surface area (Å²) < 4.78 is 1.33. The molecule has 0 atom stereocenters. The molecule has 4 heteroatoms. The van der Waals surface area contributed by atoms with Crippen LogP contribution in [-0.4, -0.2) is 42.6 Å². The van der Waals surface area contributed by atoms with Gasteiger partial charge < -0.3 is 9.80 Å². The van der Waals surface area contributed by atoms with E-state index in [1.807, 2.05) is 6.20 Å². The van der Waals surface area contributed by atoms with E-state index < -0.39 is 0 Å². The lowest BCUT2D eigenvalue weighted by Crippen LogP contribution is -2.46. The highest BCUT2D eigenvalue weighted by Gasteiger charge is 2.18. The molecule has 2 aromatic rings. The number of thiophene rings is 1.